The summed E-state index contributed by atoms with van der Waals surface area (Å²) in [5.74, 6) is 0. The van der Waals surface area contributed by atoms with Crippen LogP contribution in [0.2, 0.25) is 5.02 Å². The number of hydrogen-bond acceptors (Lipinski definition) is 2. The lowest BCUT2D eigenvalue weighted by molar-refractivity contribution is 0.697. The van der Waals surface area contributed by atoms with Crippen molar-refractivity contribution in [3.63, 3.8) is 0 Å². The maximum atomic E-state index is 6.07. The number of benzene rings is 1. The van der Waals surface area contributed by atoms with Gasteiger partial charge in [-0.2, -0.15) is 0 Å². The van der Waals surface area contributed by atoms with Gasteiger partial charge in [-0.15, -0.1) is 11.3 Å². The maximum Gasteiger partial charge on any atom is 0.0551 e. The minimum Gasteiger partial charge on any atom is -0.308 e. The van der Waals surface area contributed by atoms with Crippen molar-refractivity contribution in [1.29, 1.82) is 0 Å². The molecular formula is C14H15BrClNS. The van der Waals surface area contributed by atoms with Crippen LogP contribution < -0.4 is 5.32 Å². The van der Waals surface area contributed by atoms with Crippen molar-refractivity contribution in [3.05, 3.63) is 55.1 Å². The molecule has 0 aliphatic rings. The Morgan fingerprint density at radius 2 is 2.11 bits per heavy atom. The zero-order chi connectivity index (χ0) is 13.0. The van der Waals surface area contributed by atoms with E-state index in [2.05, 4.69) is 45.7 Å². The van der Waals surface area contributed by atoms with E-state index in [0.717, 1.165) is 29.0 Å². The van der Waals surface area contributed by atoms with Crippen molar-refractivity contribution >= 4 is 38.9 Å². The molecule has 0 spiro atoms. The minimum absolute atomic E-state index is 0.764. The van der Waals surface area contributed by atoms with Crippen LogP contribution in [-0.2, 0) is 19.5 Å². The molecule has 0 amide bonds. The second-order valence-electron chi connectivity index (χ2n) is 4.07. The topological polar surface area (TPSA) is 12.0 Å². The molecule has 18 heavy (non-hydrogen) atoms. The van der Waals surface area contributed by atoms with Crippen LogP contribution in [0.5, 0.6) is 0 Å². The molecule has 1 N–H and O–H groups in total. The van der Waals surface area contributed by atoms with Crippen LogP contribution in [0.3, 0.4) is 0 Å². The van der Waals surface area contributed by atoms with Gasteiger partial charge in [0.05, 0.1) is 5.02 Å². The zero-order valence-corrected chi connectivity index (χ0v) is 13.3. The highest BCUT2D eigenvalue weighted by Gasteiger charge is 2.03. The van der Waals surface area contributed by atoms with E-state index in [1.165, 1.54) is 16.0 Å². The number of thiophene rings is 1. The van der Waals surface area contributed by atoms with E-state index in [-0.39, 0.29) is 0 Å². The molecule has 0 bridgehead atoms. The molecule has 4 heteroatoms. The average Bonchev–Trinajstić information content (AvgIpc) is 2.81. The summed E-state index contributed by atoms with van der Waals surface area (Å²) >= 11 is 11.3. The average molecular weight is 345 g/mol. The monoisotopic (exact) mass is 343 g/mol. The summed E-state index contributed by atoms with van der Waals surface area (Å²) in [5.41, 5.74) is 2.65. The first-order valence-corrected chi connectivity index (χ1v) is 7.95. The van der Waals surface area contributed by atoms with Crippen molar-refractivity contribution in [1.82, 2.24) is 5.32 Å². The van der Waals surface area contributed by atoms with E-state index in [1.54, 1.807) is 0 Å². The molecule has 1 nitrogen and oxygen atoms in total. The van der Waals surface area contributed by atoms with Gasteiger partial charge in [0.15, 0.2) is 0 Å². The number of aryl methyl sites for hydroxylation is 1. The molecule has 0 saturated carbocycles. The molecule has 1 aromatic carbocycles. The third-order valence-corrected chi connectivity index (χ3v) is 5.01. The second-order valence-corrected chi connectivity index (χ2v) is 6.34. The molecule has 1 aromatic heterocycles. The summed E-state index contributed by atoms with van der Waals surface area (Å²) in [6.45, 7) is 3.96. The summed E-state index contributed by atoms with van der Waals surface area (Å²) in [6, 6.07) is 8.27. The number of rotatable bonds is 5. The lowest BCUT2D eigenvalue weighted by Crippen LogP contribution is -2.12. The zero-order valence-electron chi connectivity index (χ0n) is 10.2. The third-order valence-electron chi connectivity index (χ3n) is 2.82. The predicted molar refractivity (Wildman–Crippen MR) is 83.4 cm³/mol. The first-order valence-electron chi connectivity index (χ1n) is 5.90. The third kappa shape index (κ3) is 3.58. The van der Waals surface area contributed by atoms with Crippen LogP contribution in [0.15, 0.2) is 34.1 Å². The van der Waals surface area contributed by atoms with Crippen LogP contribution in [0.4, 0.5) is 0 Å². The lowest BCUT2D eigenvalue weighted by Gasteiger charge is -2.06. The largest absolute Gasteiger partial charge is 0.308 e. The van der Waals surface area contributed by atoms with Crippen LogP contribution in [0, 0.1) is 0 Å². The number of halogens is 2. The molecule has 0 aliphatic heterocycles. The summed E-state index contributed by atoms with van der Waals surface area (Å²) in [5, 5.41) is 6.38. The van der Waals surface area contributed by atoms with E-state index < -0.39 is 0 Å². The van der Waals surface area contributed by atoms with Gasteiger partial charge in [-0.25, -0.2) is 0 Å². The molecule has 0 unspecified atom stereocenters. The second kappa shape index (κ2) is 6.71. The highest BCUT2D eigenvalue weighted by atomic mass is 79.9. The molecule has 2 aromatic rings. The Labute approximate surface area is 125 Å². The summed E-state index contributed by atoms with van der Waals surface area (Å²) in [7, 11) is 0. The summed E-state index contributed by atoms with van der Waals surface area (Å²) in [4.78, 5) is 1.43. The quantitative estimate of drug-likeness (QED) is 0.803. The smallest absolute Gasteiger partial charge is 0.0551 e. The fourth-order valence-corrected chi connectivity index (χ4v) is 3.20. The first-order chi connectivity index (χ1) is 8.70. The highest BCUT2D eigenvalue weighted by molar-refractivity contribution is 9.10. The molecule has 1 heterocycles. The number of nitrogens with one attached hydrogen (secondary N) is 1. The van der Waals surface area contributed by atoms with E-state index in [4.69, 9.17) is 11.6 Å². The molecule has 96 valence electrons. The Balaban J connectivity index is 1.90. The maximum absolute atomic E-state index is 6.07. The lowest BCUT2D eigenvalue weighted by atomic mass is 10.2. The Morgan fingerprint density at radius 3 is 2.83 bits per heavy atom. The summed E-state index contributed by atoms with van der Waals surface area (Å²) in [6.07, 6.45) is 1.10. The molecule has 0 saturated heterocycles. The van der Waals surface area contributed by atoms with E-state index >= 15 is 0 Å². The van der Waals surface area contributed by atoms with Crippen LogP contribution in [0.1, 0.15) is 22.9 Å². The molecule has 0 aliphatic carbocycles. The van der Waals surface area contributed by atoms with Crippen molar-refractivity contribution in [2.75, 3.05) is 0 Å². The van der Waals surface area contributed by atoms with Gasteiger partial charge in [0.25, 0.3) is 0 Å². The molecular weight excluding hydrogens is 330 g/mol. The van der Waals surface area contributed by atoms with Crippen molar-refractivity contribution in [3.8, 4) is 0 Å². The highest BCUT2D eigenvalue weighted by Crippen LogP contribution is 2.23. The summed E-state index contributed by atoms with van der Waals surface area (Å²) < 4.78 is 0.944. The SMILES string of the molecule is CCc1ccsc1CNCc1ccc(Br)c(Cl)c1. The molecule has 0 radical (unpaired) electrons. The first kappa shape index (κ1) is 14.1. The Morgan fingerprint density at radius 1 is 1.28 bits per heavy atom. The van der Waals surface area contributed by atoms with Crippen LogP contribution >= 0.6 is 38.9 Å². The molecule has 2 rings (SSSR count). The molecule has 0 fully saturated rings. The molecule has 0 atom stereocenters. The standard InChI is InChI=1S/C14H15BrClNS/c1-2-11-5-6-18-14(11)9-17-8-10-3-4-12(15)13(16)7-10/h3-7,17H,2,8-9H2,1H3. The van der Waals surface area contributed by atoms with Gasteiger partial charge in [0.2, 0.25) is 0 Å². The van der Waals surface area contributed by atoms with Gasteiger partial charge in [-0.1, -0.05) is 24.6 Å². The predicted octanol–water partition coefficient (Wildman–Crippen LogP) is 5.02. The normalized spacial score (nSPS) is 10.8. The van der Waals surface area contributed by atoms with Gasteiger partial charge in [-0.05, 0) is 57.1 Å². The minimum atomic E-state index is 0.764. The van der Waals surface area contributed by atoms with Gasteiger partial charge in [0, 0.05) is 22.4 Å². The van der Waals surface area contributed by atoms with Crippen LogP contribution in [-0.4, -0.2) is 0 Å². The fraction of sp³-hybridized carbons (Fsp3) is 0.286. The Bertz CT molecular complexity index is 524. The van der Waals surface area contributed by atoms with Gasteiger partial charge >= 0.3 is 0 Å². The Hall–Kier alpha value is -0.350. The van der Waals surface area contributed by atoms with Gasteiger partial charge < -0.3 is 5.32 Å². The van der Waals surface area contributed by atoms with Crippen LogP contribution in [0.25, 0.3) is 0 Å². The number of hydrogen-bond donors (Lipinski definition) is 1. The van der Waals surface area contributed by atoms with Gasteiger partial charge in [-0.3, -0.25) is 0 Å². The Kier molecular flexibility index (Phi) is 5.25. The van der Waals surface area contributed by atoms with Crippen molar-refractivity contribution in [2.45, 2.75) is 26.4 Å². The van der Waals surface area contributed by atoms with Gasteiger partial charge in [0.1, 0.15) is 0 Å². The van der Waals surface area contributed by atoms with Crippen molar-refractivity contribution in [2.24, 2.45) is 0 Å². The fourth-order valence-electron chi connectivity index (χ4n) is 1.81. The van der Waals surface area contributed by atoms with E-state index in [1.807, 2.05) is 23.5 Å². The van der Waals surface area contributed by atoms with Crippen molar-refractivity contribution < 1.29 is 0 Å². The van der Waals surface area contributed by atoms with E-state index in [0.29, 0.717) is 0 Å². The van der Waals surface area contributed by atoms with E-state index in [9.17, 15) is 0 Å².